The summed E-state index contributed by atoms with van der Waals surface area (Å²) in [6.07, 6.45) is 6.00. The molecule has 1 aliphatic rings. The predicted molar refractivity (Wildman–Crippen MR) is 70.1 cm³/mol. The summed E-state index contributed by atoms with van der Waals surface area (Å²) in [5, 5.41) is 0. The molecule has 0 aromatic rings. The molecular weight excluding hydrogens is 214 g/mol. The fourth-order valence-corrected chi connectivity index (χ4v) is 2.19. The van der Waals surface area contributed by atoms with Crippen LogP contribution in [0.1, 0.15) is 40.5 Å². The molecule has 0 saturated carbocycles. The Balaban J connectivity index is 3.19. The van der Waals surface area contributed by atoms with Gasteiger partial charge in [0.05, 0.1) is 11.7 Å². The summed E-state index contributed by atoms with van der Waals surface area (Å²) in [6.45, 7) is 12.2. The van der Waals surface area contributed by atoms with Crippen LogP contribution in [0.25, 0.3) is 0 Å². The van der Waals surface area contributed by atoms with E-state index in [1.54, 1.807) is 4.58 Å². The summed E-state index contributed by atoms with van der Waals surface area (Å²) in [6, 6.07) is 0. The lowest BCUT2D eigenvalue weighted by Crippen LogP contribution is -2.50. The zero-order valence-corrected chi connectivity index (χ0v) is 11.6. The van der Waals surface area contributed by atoms with E-state index in [-0.39, 0.29) is 6.10 Å². The average Bonchev–Trinajstić information content (AvgIpc) is 2.23. The molecule has 2 atom stereocenters. The molecule has 0 bridgehead atoms. The van der Waals surface area contributed by atoms with E-state index in [9.17, 15) is 0 Å². The molecule has 1 aliphatic heterocycles. The quantitative estimate of drug-likeness (QED) is 0.426. The fraction of sp³-hybridized carbons (Fsp3) is 0.643. The molecule has 96 valence electrons. The maximum absolute atomic E-state index is 6.01. The van der Waals surface area contributed by atoms with Crippen molar-refractivity contribution in [1.82, 2.24) is 0 Å². The van der Waals surface area contributed by atoms with Gasteiger partial charge in [-0.2, -0.15) is 4.58 Å². The third-order valence-corrected chi connectivity index (χ3v) is 2.85. The van der Waals surface area contributed by atoms with Crippen LogP contribution in [0.2, 0.25) is 0 Å². The first kappa shape index (κ1) is 14.0. The van der Waals surface area contributed by atoms with E-state index in [4.69, 9.17) is 9.47 Å². The van der Waals surface area contributed by atoms with Gasteiger partial charge in [-0.25, -0.2) is 0 Å². The topological polar surface area (TPSA) is 21.5 Å². The second-order valence-electron chi connectivity index (χ2n) is 4.47. The van der Waals surface area contributed by atoms with Crippen LogP contribution in [-0.4, -0.2) is 30.4 Å². The van der Waals surface area contributed by atoms with Crippen molar-refractivity contribution in [1.29, 1.82) is 0 Å². The van der Waals surface area contributed by atoms with Gasteiger partial charge in [0, 0.05) is 0 Å². The van der Waals surface area contributed by atoms with E-state index >= 15 is 0 Å². The van der Waals surface area contributed by atoms with E-state index in [0.717, 1.165) is 24.2 Å². The van der Waals surface area contributed by atoms with Crippen molar-refractivity contribution in [3.05, 3.63) is 23.5 Å². The van der Waals surface area contributed by atoms with E-state index in [2.05, 4.69) is 26.6 Å². The van der Waals surface area contributed by atoms with Crippen LogP contribution in [0.5, 0.6) is 0 Å². The highest BCUT2D eigenvalue weighted by molar-refractivity contribution is 5.20. The Hall–Kier alpha value is -1.09. The summed E-state index contributed by atoms with van der Waals surface area (Å²) in [7, 11) is 1.88. The molecule has 1 unspecified atom stereocenters. The molecule has 0 aliphatic carbocycles. The Bertz CT molecular complexity index is 357. The van der Waals surface area contributed by atoms with Crippen molar-refractivity contribution in [2.24, 2.45) is 0 Å². The SMILES string of the molecule is C=[N+](C)[C@@]1(/C(=C/CC)CC)OC(C)=CC(C)O1. The van der Waals surface area contributed by atoms with Gasteiger partial charge in [-0.3, -0.25) is 4.74 Å². The highest BCUT2D eigenvalue weighted by atomic mass is 16.7. The molecule has 0 N–H and O–H groups in total. The van der Waals surface area contributed by atoms with Crippen molar-refractivity contribution in [3.8, 4) is 0 Å². The third kappa shape index (κ3) is 2.78. The van der Waals surface area contributed by atoms with E-state index in [0.29, 0.717) is 0 Å². The second-order valence-corrected chi connectivity index (χ2v) is 4.47. The van der Waals surface area contributed by atoms with Gasteiger partial charge in [-0.05, 0) is 32.8 Å². The molecule has 17 heavy (non-hydrogen) atoms. The molecule has 0 saturated heterocycles. The van der Waals surface area contributed by atoms with Crippen LogP contribution >= 0.6 is 0 Å². The minimum Gasteiger partial charge on any atom is -0.411 e. The molecule has 0 spiro atoms. The summed E-state index contributed by atoms with van der Waals surface area (Å²) in [5.74, 6) is 0.0397. The van der Waals surface area contributed by atoms with E-state index < -0.39 is 5.91 Å². The Morgan fingerprint density at radius 3 is 2.65 bits per heavy atom. The first-order valence-electron chi connectivity index (χ1n) is 6.25. The van der Waals surface area contributed by atoms with Crippen molar-refractivity contribution >= 4 is 6.72 Å². The van der Waals surface area contributed by atoms with Gasteiger partial charge in [-0.1, -0.05) is 19.9 Å². The molecule has 3 heteroatoms. The van der Waals surface area contributed by atoms with Crippen LogP contribution in [0.4, 0.5) is 0 Å². The average molecular weight is 238 g/mol. The Morgan fingerprint density at radius 2 is 2.24 bits per heavy atom. The normalized spacial score (nSPS) is 29.6. The van der Waals surface area contributed by atoms with Crippen molar-refractivity contribution in [2.75, 3.05) is 7.05 Å². The maximum atomic E-state index is 6.01. The van der Waals surface area contributed by atoms with Gasteiger partial charge in [-0.15, -0.1) is 0 Å². The van der Waals surface area contributed by atoms with Crippen LogP contribution in [0.3, 0.4) is 0 Å². The first-order valence-corrected chi connectivity index (χ1v) is 6.25. The molecule has 0 fully saturated rings. The highest BCUT2D eigenvalue weighted by Crippen LogP contribution is 2.34. The zero-order valence-electron chi connectivity index (χ0n) is 11.6. The van der Waals surface area contributed by atoms with Gasteiger partial charge in [0.2, 0.25) is 0 Å². The summed E-state index contributed by atoms with van der Waals surface area (Å²) in [5.41, 5.74) is 1.12. The smallest absolute Gasteiger partial charge is 0.411 e. The monoisotopic (exact) mass is 238 g/mol. The van der Waals surface area contributed by atoms with Crippen molar-refractivity contribution in [2.45, 2.75) is 52.6 Å². The predicted octanol–water partition coefficient (Wildman–Crippen LogP) is 3.07. The third-order valence-electron chi connectivity index (χ3n) is 2.85. The molecule has 0 amide bonds. The molecule has 0 aromatic heterocycles. The van der Waals surface area contributed by atoms with Crippen LogP contribution in [0.15, 0.2) is 23.5 Å². The lowest BCUT2D eigenvalue weighted by atomic mass is 10.1. The molecule has 0 radical (unpaired) electrons. The highest BCUT2D eigenvalue weighted by Gasteiger charge is 2.49. The molecule has 1 rings (SSSR count). The molecular formula is C14H24NO2+. The van der Waals surface area contributed by atoms with Crippen LogP contribution < -0.4 is 0 Å². The fourth-order valence-electron chi connectivity index (χ4n) is 2.19. The molecule has 1 heterocycles. The summed E-state index contributed by atoms with van der Waals surface area (Å²) >= 11 is 0. The van der Waals surface area contributed by atoms with Crippen molar-refractivity contribution < 1.29 is 14.0 Å². The van der Waals surface area contributed by atoms with E-state index in [1.807, 2.05) is 27.0 Å². The van der Waals surface area contributed by atoms with Gasteiger partial charge in [0.1, 0.15) is 19.5 Å². The standard InChI is InChI=1S/C14H24NO2/c1-7-9-13(8-2)14(15(5)6)16-11(3)10-12(4)17-14/h9-11H,5,7-8H2,1-4,6H3/q+1/b13-9+/t11?,14-/m1/s1. The summed E-state index contributed by atoms with van der Waals surface area (Å²) < 4.78 is 13.7. The van der Waals surface area contributed by atoms with Crippen LogP contribution in [0, 0.1) is 0 Å². The Morgan fingerprint density at radius 1 is 1.59 bits per heavy atom. The number of hydrogen-bond donors (Lipinski definition) is 0. The first-order chi connectivity index (χ1) is 7.96. The number of rotatable bonds is 4. The number of ether oxygens (including phenoxy) is 2. The Labute approximate surface area is 104 Å². The van der Waals surface area contributed by atoms with Crippen LogP contribution in [-0.2, 0) is 9.47 Å². The van der Waals surface area contributed by atoms with Gasteiger partial charge < -0.3 is 4.74 Å². The number of likely N-dealkylation sites (N-methyl/N-ethyl adjacent to an activating group) is 1. The van der Waals surface area contributed by atoms with Crippen molar-refractivity contribution in [3.63, 3.8) is 0 Å². The largest absolute Gasteiger partial charge is 0.453 e. The second kappa shape index (κ2) is 5.50. The number of nitrogens with zero attached hydrogens (tertiary/aromatic N) is 1. The lowest BCUT2D eigenvalue weighted by molar-refractivity contribution is -0.684. The van der Waals surface area contributed by atoms with E-state index in [1.165, 1.54) is 0 Å². The lowest BCUT2D eigenvalue weighted by Gasteiger charge is -2.35. The molecule has 3 nitrogen and oxygen atoms in total. The van der Waals surface area contributed by atoms with Gasteiger partial charge in [0.25, 0.3) is 0 Å². The Kier molecular flexibility index (Phi) is 4.52. The minimum atomic E-state index is -0.844. The maximum Gasteiger partial charge on any atom is 0.453 e. The summed E-state index contributed by atoms with van der Waals surface area (Å²) in [4.78, 5) is 0. The minimum absolute atomic E-state index is 0.0276. The molecule has 0 aromatic carbocycles. The van der Waals surface area contributed by atoms with Gasteiger partial charge in [0.15, 0.2) is 0 Å². The number of allylic oxidation sites excluding steroid dienone is 2. The number of hydrogen-bond acceptors (Lipinski definition) is 2. The zero-order chi connectivity index (χ0) is 13.1. The van der Waals surface area contributed by atoms with Gasteiger partial charge >= 0.3 is 5.91 Å².